The zero-order chi connectivity index (χ0) is 15.0. The molecule has 1 heterocycles. The number of rotatable bonds is 3. The van der Waals surface area contributed by atoms with Crippen LogP contribution >= 0.6 is 31.9 Å². The maximum absolute atomic E-state index is 13.3. The highest BCUT2D eigenvalue weighted by Crippen LogP contribution is 2.33. The fourth-order valence-corrected chi connectivity index (χ4v) is 3.51. The Bertz CT molecular complexity index is 803. The van der Waals surface area contributed by atoms with Crippen LogP contribution in [0.2, 0.25) is 0 Å². The van der Waals surface area contributed by atoms with Crippen molar-refractivity contribution in [3.05, 3.63) is 68.6 Å². The zero-order valence-electron chi connectivity index (χ0n) is 10.7. The Morgan fingerprint density at radius 2 is 1.90 bits per heavy atom. The van der Waals surface area contributed by atoms with Gasteiger partial charge in [-0.25, -0.2) is 9.82 Å². The first-order chi connectivity index (χ1) is 10.1. The predicted octanol–water partition coefficient (Wildman–Crippen LogP) is 4.65. The molecule has 1 atom stereocenters. The smallest absolute Gasteiger partial charge is 0.134 e. The summed E-state index contributed by atoms with van der Waals surface area (Å²) in [5.41, 5.74) is 4.29. The van der Waals surface area contributed by atoms with Crippen LogP contribution in [0.15, 0.2) is 55.8 Å². The van der Waals surface area contributed by atoms with Crippen LogP contribution in [0.5, 0.6) is 0 Å². The van der Waals surface area contributed by atoms with Gasteiger partial charge in [-0.3, -0.25) is 5.84 Å². The summed E-state index contributed by atoms with van der Waals surface area (Å²) in [5.74, 6) is 6.01. The summed E-state index contributed by atoms with van der Waals surface area (Å²) in [4.78, 5) is 0. The van der Waals surface area contributed by atoms with Gasteiger partial charge in [0.25, 0.3) is 0 Å². The fourth-order valence-electron chi connectivity index (χ4n) is 2.24. The van der Waals surface area contributed by atoms with E-state index in [2.05, 4.69) is 37.3 Å². The SMILES string of the molecule is NNC(c1cc2cc(F)ccc2o1)c1ccc(Br)cc1Br. The van der Waals surface area contributed by atoms with Gasteiger partial charge < -0.3 is 4.42 Å². The van der Waals surface area contributed by atoms with Gasteiger partial charge in [-0.2, -0.15) is 0 Å². The summed E-state index contributed by atoms with van der Waals surface area (Å²) >= 11 is 6.93. The number of nitrogens with one attached hydrogen (secondary N) is 1. The number of hydrogen-bond acceptors (Lipinski definition) is 3. The summed E-state index contributed by atoms with van der Waals surface area (Å²) in [6.07, 6.45) is 0. The normalized spacial score (nSPS) is 12.8. The van der Waals surface area contributed by atoms with E-state index >= 15 is 0 Å². The second kappa shape index (κ2) is 5.88. The minimum Gasteiger partial charge on any atom is -0.459 e. The monoisotopic (exact) mass is 412 g/mol. The van der Waals surface area contributed by atoms with Gasteiger partial charge >= 0.3 is 0 Å². The van der Waals surface area contributed by atoms with Crippen molar-refractivity contribution in [2.75, 3.05) is 0 Å². The molecular weight excluding hydrogens is 403 g/mol. The van der Waals surface area contributed by atoms with Crippen molar-refractivity contribution < 1.29 is 8.81 Å². The molecule has 3 aromatic rings. The molecular formula is C15H11Br2FN2O. The Kier molecular flexibility index (Phi) is 4.12. The van der Waals surface area contributed by atoms with Crippen LogP contribution in [0.3, 0.4) is 0 Å². The van der Waals surface area contributed by atoms with Crippen LogP contribution in [0.1, 0.15) is 17.4 Å². The Labute approximate surface area is 137 Å². The molecule has 1 unspecified atom stereocenters. The highest BCUT2D eigenvalue weighted by Gasteiger charge is 2.20. The van der Waals surface area contributed by atoms with Gasteiger partial charge in [0.15, 0.2) is 0 Å². The maximum Gasteiger partial charge on any atom is 0.134 e. The van der Waals surface area contributed by atoms with Gasteiger partial charge in [-0.1, -0.05) is 37.9 Å². The van der Waals surface area contributed by atoms with E-state index in [1.54, 1.807) is 12.1 Å². The molecule has 0 bridgehead atoms. The van der Waals surface area contributed by atoms with Gasteiger partial charge in [0.1, 0.15) is 23.2 Å². The average Bonchev–Trinajstić information content (AvgIpc) is 2.84. The Balaban J connectivity index is 2.09. The van der Waals surface area contributed by atoms with E-state index in [0.29, 0.717) is 16.7 Å². The largest absolute Gasteiger partial charge is 0.459 e. The standard InChI is InChI=1S/C15H11Br2FN2O/c16-9-1-3-11(12(17)7-9)15(20-19)14-6-8-5-10(18)2-4-13(8)21-14/h1-7,15,20H,19H2. The molecule has 3 N–H and O–H groups in total. The van der Waals surface area contributed by atoms with Crippen LogP contribution in [0.4, 0.5) is 4.39 Å². The minimum atomic E-state index is -0.331. The molecule has 1 aromatic heterocycles. The van der Waals surface area contributed by atoms with E-state index < -0.39 is 0 Å². The number of fused-ring (bicyclic) bond motifs is 1. The predicted molar refractivity (Wildman–Crippen MR) is 87.2 cm³/mol. The van der Waals surface area contributed by atoms with E-state index in [1.807, 2.05) is 18.2 Å². The lowest BCUT2D eigenvalue weighted by Crippen LogP contribution is -2.28. The van der Waals surface area contributed by atoms with E-state index in [9.17, 15) is 4.39 Å². The first kappa shape index (κ1) is 14.7. The molecule has 6 heteroatoms. The molecule has 2 aromatic carbocycles. The van der Waals surface area contributed by atoms with Crippen LogP contribution in [-0.4, -0.2) is 0 Å². The quantitative estimate of drug-likeness (QED) is 0.485. The lowest BCUT2D eigenvalue weighted by Gasteiger charge is -2.15. The van der Waals surface area contributed by atoms with E-state index in [0.717, 1.165) is 14.5 Å². The van der Waals surface area contributed by atoms with Crippen molar-refractivity contribution >= 4 is 42.8 Å². The minimum absolute atomic E-state index is 0.295. The first-order valence-electron chi connectivity index (χ1n) is 6.18. The number of halogens is 3. The molecule has 0 aliphatic carbocycles. The van der Waals surface area contributed by atoms with Gasteiger partial charge in [-0.15, -0.1) is 0 Å². The van der Waals surface area contributed by atoms with Crippen LogP contribution < -0.4 is 11.3 Å². The van der Waals surface area contributed by atoms with Crippen molar-refractivity contribution in [1.29, 1.82) is 0 Å². The summed E-state index contributed by atoms with van der Waals surface area (Å²) < 4.78 is 20.9. The Morgan fingerprint density at radius 3 is 2.62 bits per heavy atom. The van der Waals surface area contributed by atoms with Crippen LogP contribution in [0.25, 0.3) is 11.0 Å². The van der Waals surface area contributed by atoms with Gasteiger partial charge in [0.05, 0.1) is 0 Å². The third-order valence-electron chi connectivity index (χ3n) is 3.22. The molecule has 0 aliphatic heterocycles. The fraction of sp³-hybridized carbons (Fsp3) is 0.0667. The number of furan rings is 1. The molecule has 0 fully saturated rings. The van der Waals surface area contributed by atoms with Crippen molar-refractivity contribution in [2.24, 2.45) is 5.84 Å². The second-order valence-corrected chi connectivity index (χ2v) is 6.37. The van der Waals surface area contributed by atoms with Crippen molar-refractivity contribution in [1.82, 2.24) is 5.43 Å². The molecule has 108 valence electrons. The summed E-state index contributed by atoms with van der Waals surface area (Å²) in [6, 6.07) is 11.7. The number of hydrazine groups is 1. The van der Waals surface area contributed by atoms with Gasteiger partial charge in [-0.05, 0) is 42.0 Å². The zero-order valence-corrected chi connectivity index (χ0v) is 13.9. The van der Waals surface area contributed by atoms with E-state index in [-0.39, 0.29) is 11.9 Å². The summed E-state index contributed by atoms with van der Waals surface area (Å²) in [6.45, 7) is 0. The van der Waals surface area contributed by atoms with Crippen molar-refractivity contribution in [3.63, 3.8) is 0 Å². The highest BCUT2D eigenvalue weighted by molar-refractivity contribution is 9.11. The third kappa shape index (κ3) is 2.89. The third-order valence-corrected chi connectivity index (χ3v) is 4.40. The second-order valence-electron chi connectivity index (χ2n) is 4.60. The summed E-state index contributed by atoms with van der Waals surface area (Å²) in [5, 5.41) is 0.707. The summed E-state index contributed by atoms with van der Waals surface area (Å²) in [7, 11) is 0. The number of nitrogens with two attached hydrogens (primary N) is 1. The molecule has 21 heavy (non-hydrogen) atoms. The van der Waals surface area contributed by atoms with E-state index in [4.69, 9.17) is 10.3 Å². The molecule has 0 aliphatic rings. The van der Waals surface area contributed by atoms with Crippen LogP contribution in [0, 0.1) is 5.82 Å². The number of hydrogen-bond donors (Lipinski definition) is 2. The van der Waals surface area contributed by atoms with Crippen molar-refractivity contribution in [2.45, 2.75) is 6.04 Å². The maximum atomic E-state index is 13.3. The first-order valence-corrected chi connectivity index (χ1v) is 7.77. The van der Waals surface area contributed by atoms with Crippen molar-refractivity contribution in [3.8, 4) is 0 Å². The topological polar surface area (TPSA) is 51.2 Å². The molecule has 0 radical (unpaired) electrons. The molecule has 3 rings (SSSR count). The molecule has 0 saturated carbocycles. The molecule has 0 amide bonds. The van der Waals surface area contributed by atoms with Gasteiger partial charge in [0.2, 0.25) is 0 Å². The molecule has 0 spiro atoms. The molecule has 0 saturated heterocycles. The Hall–Kier alpha value is -1.21. The average molecular weight is 414 g/mol. The highest BCUT2D eigenvalue weighted by atomic mass is 79.9. The van der Waals surface area contributed by atoms with Gasteiger partial charge in [0, 0.05) is 14.3 Å². The Morgan fingerprint density at radius 1 is 1.10 bits per heavy atom. The van der Waals surface area contributed by atoms with E-state index in [1.165, 1.54) is 12.1 Å². The lowest BCUT2D eigenvalue weighted by molar-refractivity contribution is 0.476. The van der Waals surface area contributed by atoms with Crippen LogP contribution in [-0.2, 0) is 0 Å². The molecule has 3 nitrogen and oxygen atoms in total. The number of benzene rings is 2. The lowest BCUT2D eigenvalue weighted by atomic mass is 10.1.